The van der Waals surface area contributed by atoms with Crippen molar-refractivity contribution in [2.45, 2.75) is 27.7 Å². The average Bonchev–Trinajstić information content (AvgIpc) is 2.30. The Bertz CT molecular complexity index is 728. The van der Waals surface area contributed by atoms with E-state index in [0.717, 1.165) is 22.5 Å². The van der Waals surface area contributed by atoms with Crippen LogP contribution in [0.4, 0.5) is 0 Å². The zero-order valence-electron chi connectivity index (χ0n) is 11.5. The quantitative estimate of drug-likeness (QED) is 0.783. The Labute approximate surface area is 111 Å². The Morgan fingerprint density at radius 3 is 2.21 bits per heavy atom. The SMILES string of the molecule is Cc1cc(C)c(-n2nc(C#N)c(=O)cc2C)c(C)c1. The lowest BCUT2D eigenvalue weighted by atomic mass is 10.0. The van der Waals surface area contributed by atoms with Crippen molar-refractivity contribution in [1.82, 2.24) is 9.78 Å². The van der Waals surface area contributed by atoms with Crippen LogP contribution in [0.25, 0.3) is 5.69 Å². The number of nitrogens with zero attached hydrogens (tertiary/aromatic N) is 3. The van der Waals surface area contributed by atoms with Gasteiger partial charge in [-0.1, -0.05) is 17.7 Å². The van der Waals surface area contributed by atoms with E-state index in [4.69, 9.17) is 5.26 Å². The topological polar surface area (TPSA) is 58.7 Å². The van der Waals surface area contributed by atoms with Crippen LogP contribution in [0, 0.1) is 39.0 Å². The molecule has 96 valence electrons. The van der Waals surface area contributed by atoms with Gasteiger partial charge in [-0.2, -0.15) is 10.4 Å². The molecule has 0 unspecified atom stereocenters. The molecule has 0 fully saturated rings. The Kier molecular flexibility index (Phi) is 3.22. The monoisotopic (exact) mass is 253 g/mol. The van der Waals surface area contributed by atoms with E-state index in [1.54, 1.807) is 4.68 Å². The fraction of sp³-hybridized carbons (Fsp3) is 0.267. The maximum Gasteiger partial charge on any atom is 0.218 e. The summed E-state index contributed by atoms with van der Waals surface area (Å²) in [6.45, 7) is 7.85. The van der Waals surface area contributed by atoms with Gasteiger partial charge in [0.1, 0.15) is 6.07 Å². The third kappa shape index (κ3) is 2.27. The molecule has 19 heavy (non-hydrogen) atoms. The first-order chi connectivity index (χ1) is 8.93. The molecule has 1 aromatic carbocycles. The lowest BCUT2D eigenvalue weighted by molar-refractivity contribution is 0.779. The largest absolute Gasteiger partial charge is 0.287 e. The molecule has 0 atom stereocenters. The summed E-state index contributed by atoms with van der Waals surface area (Å²) in [5.41, 5.74) is 4.56. The number of aryl methyl sites for hydroxylation is 4. The number of hydrogen-bond acceptors (Lipinski definition) is 3. The van der Waals surface area contributed by atoms with Crippen molar-refractivity contribution in [3.8, 4) is 11.8 Å². The number of benzene rings is 1. The zero-order valence-corrected chi connectivity index (χ0v) is 11.5. The van der Waals surface area contributed by atoms with Gasteiger partial charge in [0.2, 0.25) is 11.1 Å². The second-order valence-electron chi connectivity index (χ2n) is 4.77. The minimum atomic E-state index is -0.335. The van der Waals surface area contributed by atoms with Crippen molar-refractivity contribution < 1.29 is 0 Å². The first-order valence-corrected chi connectivity index (χ1v) is 6.03. The van der Waals surface area contributed by atoms with E-state index in [2.05, 4.69) is 17.2 Å². The molecule has 0 bridgehead atoms. The molecule has 0 saturated heterocycles. The number of nitriles is 1. The van der Waals surface area contributed by atoms with Gasteiger partial charge in [-0.05, 0) is 38.8 Å². The summed E-state index contributed by atoms with van der Waals surface area (Å²) in [4.78, 5) is 11.6. The average molecular weight is 253 g/mol. The van der Waals surface area contributed by atoms with Gasteiger partial charge in [0.15, 0.2) is 0 Å². The van der Waals surface area contributed by atoms with Crippen molar-refractivity contribution in [3.05, 3.63) is 56.5 Å². The van der Waals surface area contributed by atoms with E-state index >= 15 is 0 Å². The van der Waals surface area contributed by atoms with E-state index in [-0.39, 0.29) is 11.1 Å². The highest BCUT2D eigenvalue weighted by molar-refractivity contribution is 5.49. The first-order valence-electron chi connectivity index (χ1n) is 6.03. The Balaban J connectivity index is 2.80. The van der Waals surface area contributed by atoms with Gasteiger partial charge in [0.05, 0.1) is 5.69 Å². The second kappa shape index (κ2) is 4.69. The number of hydrogen-bond donors (Lipinski definition) is 0. The maximum atomic E-state index is 11.6. The van der Waals surface area contributed by atoms with Crippen LogP contribution in [0.15, 0.2) is 23.0 Å². The molecule has 4 nitrogen and oxygen atoms in total. The Morgan fingerprint density at radius 1 is 1.11 bits per heavy atom. The highest BCUT2D eigenvalue weighted by Gasteiger charge is 2.11. The fourth-order valence-corrected chi connectivity index (χ4v) is 2.36. The van der Waals surface area contributed by atoms with Gasteiger partial charge < -0.3 is 0 Å². The molecule has 0 aliphatic carbocycles. The molecule has 0 aliphatic heterocycles. The molecule has 0 spiro atoms. The van der Waals surface area contributed by atoms with E-state index in [9.17, 15) is 4.79 Å². The van der Waals surface area contributed by atoms with E-state index in [0.29, 0.717) is 0 Å². The molecule has 0 saturated carbocycles. The molecule has 0 aliphatic rings. The van der Waals surface area contributed by atoms with Crippen LogP contribution in [0.5, 0.6) is 0 Å². The van der Waals surface area contributed by atoms with E-state index < -0.39 is 0 Å². The summed E-state index contributed by atoms with van der Waals surface area (Å²) in [6, 6.07) is 7.41. The molecule has 4 heteroatoms. The summed E-state index contributed by atoms with van der Waals surface area (Å²) in [7, 11) is 0. The van der Waals surface area contributed by atoms with Gasteiger partial charge >= 0.3 is 0 Å². The summed E-state index contributed by atoms with van der Waals surface area (Å²) in [5, 5.41) is 13.1. The lowest BCUT2D eigenvalue weighted by Crippen LogP contribution is -2.18. The summed E-state index contributed by atoms with van der Waals surface area (Å²) in [6.07, 6.45) is 0. The number of aromatic nitrogens is 2. The minimum Gasteiger partial charge on any atom is -0.287 e. The van der Waals surface area contributed by atoms with Crippen LogP contribution >= 0.6 is 0 Å². The van der Waals surface area contributed by atoms with Crippen LogP contribution in [0.3, 0.4) is 0 Å². The van der Waals surface area contributed by atoms with Gasteiger partial charge in [-0.25, -0.2) is 4.68 Å². The van der Waals surface area contributed by atoms with Gasteiger partial charge in [0, 0.05) is 11.8 Å². The van der Waals surface area contributed by atoms with Crippen molar-refractivity contribution in [1.29, 1.82) is 5.26 Å². The second-order valence-corrected chi connectivity index (χ2v) is 4.77. The molecular weight excluding hydrogens is 238 g/mol. The molecule has 0 N–H and O–H groups in total. The predicted octanol–water partition coefficient (Wildman–Crippen LogP) is 2.34. The van der Waals surface area contributed by atoms with Crippen molar-refractivity contribution in [2.24, 2.45) is 0 Å². The smallest absolute Gasteiger partial charge is 0.218 e. The Morgan fingerprint density at radius 2 is 1.68 bits per heavy atom. The minimum absolute atomic E-state index is 0.0787. The summed E-state index contributed by atoms with van der Waals surface area (Å²) in [5.74, 6) is 0. The zero-order chi connectivity index (χ0) is 14.2. The maximum absolute atomic E-state index is 11.6. The molecule has 2 rings (SSSR count). The fourth-order valence-electron chi connectivity index (χ4n) is 2.36. The first kappa shape index (κ1) is 13.0. The molecule has 1 heterocycles. The highest BCUT2D eigenvalue weighted by Crippen LogP contribution is 2.21. The van der Waals surface area contributed by atoms with E-state index in [1.165, 1.54) is 11.6 Å². The van der Waals surface area contributed by atoms with Crippen LogP contribution in [-0.4, -0.2) is 9.78 Å². The summed E-state index contributed by atoms with van der Waals surface area (Å²) < 4.78 is 1.67. The predicted molar refractivity (Wildman–Crippen MR) is 73.5 cm³/mol. The van der Waals surface area contributed by atoms with Gasteiger partial charge in [-0.15, -0.1) is 0 Å². The normalized spacial score (nSPS) is 10.3. The number of rotatable bonds is 1. The third-order valence-electron chi connectivity index (χ3n) is 3.06. The lowest BCUT2D eigenvalue weighted by Gasteiger charge is -2.15. The van der Waals surface area contributed by atoms with Gasteiger partial charge in [-0.3, -0.25) is 4.79 Å². The molecule has 1 aromatic heterocycles. The Hall–Kier alpha value is -2.41. The molecule has 2 aromatic rings. The standard InChI is InChI=1S/C15H15N3O/c1-9-5-10(2)15(11(3)6-9)18-12(4)7-14(19)13(8-16)17-18/h5-7H,1-4H3. The van der Waals surface area contributed by atoms with E-state index in [1.807, 2.05) is 33.8 Å². The van der Waals surface area contributed by atoms with Gasteiger partial charge in [0.25, 0.3) is 0 Å². The van der Waals surface area contributed by atoms with Crippen molar-refractivity contribution in [3.63, 3.8) is 0 Å². The van der Waals surface area contributed by atoms with Crippen molar-refractivity contribution in [2.75, 3.05) is 0 Å². The van der Waals surface area contributed by atoms with Crippen LogP contribution in [-0.2, 0) is 0 Å². The van der Waals surface area contributed by atoms with Crippen LogP contribution in [0.2, 0.25) is 0 Å². The third-order valence-corrected chi connectivity index (χ3v) is 3.06. The molecule has 0 amide bonds. The van der Waals surface area contributed by atoms with Crippen molar-refractivity contribution >= 4 is 0 Å². The molecular formula is C15H15N3O. The van der Waals surface area contributed by atoms with Crippen LogP contribution < -0.4 is 5.43 Å². The molecule has 0 radical (unpaired) electrons. The van der Waals surface area contributed by atoms with Crippen LogP contribution in [0.1, 0.15) is 28.1 Å². The summed E-state index contributed by atoms with van der Waals surface area (Å²) >= 11 is 0. The highest BCUT2D eigenvalue weighted by atomic mass is 16.1.